The second kappa shape index (κ2) is 6.72. The van der Waals surface area contributed by atoms with Crippen molar-refractivity contribution >= 4 is 11.6 Å². The molecule has 130 valence electrons. The molecule has 0 aliphatic rings. The highest BCUT2D eigenvalue weighted by Gasteiger charge is 2.36. The van der Waals surface area contributed by atoms with Crippen molar-refractivity contribution in [1.82, 2.24) is 19.7 Å². The van der Waals surface area contributed by atoms with Crippen molar-refractivity contribution in [2.75, 3.05) is 0 Å². The second-order valence-corrected chi connectivity index (χ2v) is 5.65. The number of nitrogens with zero attached hydrogens (tertiary/aromatic N) is 4. The van der Waals surface area contributed by atoms with E-state index in [1.807, 2.05) is 0 Å². The maximum atomic E-state index is 13.0. The molecule has 0 N–H and O–H groups in total. The predicted octanol–water partition coefficient (Wildman–Crippen LogP) is 4.13. The van der Waals surface area contributed by atoms with E-state index in [9.17, 15) is 13.2 Å². The molecule has 3 aromatic rings. The lowest BCUT2D eigenvalue weighted by atomic mass is 10.2. The van der Waals surface area contributed by atoms with Gasteiger partial charge in [0.25, 0.3) is 0 Å². The summed E-state index contributed by atoms with van der Waals surface area (Å²) in [7, 11) is 1.41. The van der Waals surface area contributed by atoms with Crippen molar-refractivity contribution in [3.63, 3.8) is 0 Å². The molecule has 0 saturated heterocycles. The third-order valence-electron chi connectivity index (χ3n) is 3.30. The molecule has 2 heterocycles. The zero-order valence-electron chi connectivity index (χ0n) is 13.0. The van der Waals surface area contributed by atoms with Crippen LogP contribution < -0.4 is 4.74 Å². The highest BCUT2D eigenvalue weighted by atomic mass is 35.5. The van der Waals surface area contributed by atoms with E-state index in [0.717, 1.165) is 16.4 Å². The molecule has 0 aliphatic heterocycles. The minimum atomic E-state index is -4.52. The lowest BCUT2D eigenvalue weighted by molar-refractivity contribution is -0.137. The number of ether oxygens (including phenoxy) is 1. The average Bonchev–Trinajstić information content (AvgIpc) is 2.97. The molecule has 0 amide bonds. The zero-order valence-corrected chi connectivity index (χ0v) is 13.7. The molecule has 0 aliphatic carbocycles. The summed E-state index contributed by atoms with van der Waals surface area (Å²) < 4.78 is 45.6. The summed E-state index contributed by atoms with van der Waals surface area (Å²) in [4.78, 5) is 7.97. The van der Waals surface area contributed by atoms with Gasteiger partial charge in [-0.2, -0.15) is 18.3 Å². The standard InChI is InChI=1S/C16H12ClF3N4O/c1-24-8-12(16(18,19)20)15(23-24)13-6-22-14(7-21-13)25-9-10-2-4-11(17)5-3-10/h2-8H,9H2,1H3. The Kier molecular flexibility index (Phi) is 4.63. The molecule has 0 fully saturated rings. The summed E-state index contributed by atoms with van der Waals surface area (Å²) in [5.41, 5.74) is -0.239. The minimum Gasteiger partial charge on any atom is -0.472 e. The van der Waals surface area contributed by atoms with Crippen molar-refractivity contribution < 1.29 is 17.9 Å². The van der Waals surface area contributed by atoms with E-state index in [2.05, 4.69) is 15.1 Å². The fourth-order valence-corrected chi connectivity index (χ4v) is 2.26. The van der Waals surface area contributed by atoms with E-state index in [0.29, 0.717) is 5.02 Å². The number of aromatic nitrogens is 4. The number of aryl methyl sites for hydroxylation is 1. The third-order valence-corrected chi connectivity index (χ3v) is 3.56. The molecule has 1 aromatic carbocycles. The van der Waals surface area contributed by atoms with Crippen molar-refractivity contribution in [1.29, 1.82) is 0 Å². The van der Waals surface area contributed by atoms with Crippen molar-refractivity contribution in [2.24, 2.45) is 7.05 Å². The van der Waals surface area contributed by atoms with Crippen LogP contribution >= 0.6 is 11.6 Å². The predicted molar refractivity (Wildman–Crippen MR) is 85.0 cm³/mol. The summed E-state index contributed by atoms with van der Waals surface area (Å²) in [5.74, 6) is 0.197. The van der Waals surface area contributed by atoms with Crippen LogP contribution in [0.25, 0.3) is 11.4 Å². The Morgan fingerprint density at radius 3 is 2.44 bits per heavy atom. The molecule has 0 spiro atoms. The van der Waals surface area contributed by atoms with Crippen LogP contribution in [-0.4, -0.2) is 19.7 Å². The van der Waals surface area contributed by atoms with Gasteiger partial charge >= 0.3 is 6.18 Å². The second-order valence-electron chi connectivity index (χ2n) is 5.22. The first-order chi connectivity index (χ1) is 11.8. The van der Waals surface area contributed by atoms with E-state index >= 15 is 0 Å². The molecule has 0 saturated carbocycles. The van der Waals surface area contributed by atoms with Crippen LogP contribution in [0.15, 0.2) is 42.9 Å². The van der Waals surface area contributed by atoms with Gasteiger partial charge in [0, 0.05) is 18.3 Å². The van der Waals surface area contributed by atoms with Crippen molar-refractivity contribution in [3.05, 3.63) is 59.0 Å². The Hall–Kier alpha value is -2.61. The first-order valence-corrected chi connectivity index (χ1v) is 7.51. The fraction of sp³-hybridized carbons (Fsp3) is 0.188. The maximum absolute atomic E-state index is 13.0. The van der Waals surface area contributed by atoms with Crippen LogP contribution in [-0.2, 0) is 19.8 Å². The van der Waals surface area contributed by atoms with E-state index in [4.69, 9.17) is 16.3 Å². The third kappa shape index (κ3) is 4.08. The Morgan fingerprint density at radius 1 is 1.12 bits per heavy atom. The largest absolute Gasteiger partial charge is 0.472 e. The molecular weight excluding hydrogens is 357 g/mol. The SMILES string of the molecule is Cn1cc(C(F)(F)F)c(-c2cnc(OCc3ccc(Cl)cc3)cn2)n1. The molecular formula is C16H12ClF3N4O. The van der Waals surface area contributed by atoms with Gasteiger partial charge in [-0.05, 0) is 17.7 Å². The minimum absolute atomic E-state index is 0.0202. The van der Waals surface area contributed by atoms with Gasteiger partial charge in [-0.25, -0.2) is 9.97 Å². The van der Waals surface area contributed by atoms with Gasteiger partial charge in [-0.3, -0.25) is 4.68 Å². The summed E-state index contributed by atoms with van der Waals surface area (Å²) in [6, 6.07) is 7.06. The van der Waals surface area contributed by atoms with Crippen LogP contribution in [0.3, 0.4) is 0 Å². The van der Waals surface area contributed by atoms with Gasteiger partial charge in [0.1, 0.15) is 23.6 Å². The quantitative estimate of drug-likeness (QED) is 0.695. The Bertz CT molecular complexity index is 861. The smallest absolute Gasteiger partial charge is 0.420 e. The summed E-state index contributed by atoms with van der Waals surface area (Å²) >= 11 is 5.80. The van der Waals surface area contributed by atoms with Gasteiger partial charge in [-0.15, -0.1) is 0 Å². The van der Waals surface area contributed by atoms with Crippen LogP contribution in [0.1, 0.15) is 11.1 Å². The van der Waals surface area contributed by atoms with E-state index in [-0.39, 0.29) is 23.9 Å². The van der Waals surface area contributed by atoms with Gasteiger partial charge in [0.2, 0.25) is 5.88 Å². The monoisotopic (exact) mass is 368 g/mol. The lowest BCUT2D eigenvalue weighted by Gasteiger charge is -2.07. The molecule has 2 aromatic heterocycles. The van der Waals surface area contributed by atoms with Crippen LogP contribution in [0.2, 0.25) is 5.02 Å². The molecule has 5 nitrogen and oxygen atoms in total. The van der Waals surface area contributed by atoms with Gasteiger partial charge in [-0.1, -0.05) is 23.7 Å². The normalized spacial score (nSPS) is 11.6. The molecule has 25 heavy (non-hydrogen) atoms. The number of rotatable bonds is 4. The van der Waals surface area contributed by atoms with Gasteiger partial charge in [0.05, 0.1) is 12.4 Å². The number of hydrogen-bond donors (Lipinski definition) is 0. The van der Waals surface area contributed by atoms with E-state index < -0.39 is 11.7 Å². The molecule has 9 heteroatoms. The molecule has 3 rings (SSSR count). The Labute approximate surface area is 146 Å². The number of benzene rings is 1. The highest BCUT2D eigenvalue weighted by molar-refractivity contribution is 6.30. The summed E-state index contributed by atoms with van der Waals surface area (Å²) in [6.07, 6.45) is -1.15. The van der Waals surface area contributed by atoms with Gasteiger partial charge in [0.15, 0.2) is 0 Å². The first-order valence-electron chi connectivity index (χ1n) is 7.13. The van der Waals surface area contributed by atoms with Crippen molar-refractivity contribution in [3.8, 4) is 17.3 Å². The van der Waals surface area contributed by atoms with Gasteiger partial charge < -0.3 is 4.74 Å². The number of halogens is 4. The molecule has 0 radical (unpaired) electrons. The van der Waals surface area contributed by atoms with Crippen molar-refractivity contribution in [2.45, 2.75) is 12.8 Å². The first kappa shape index (κ1) is 17.2. The summed E-state index contributed by atoms with van der Waals surface area (Å²) in [6.45, 7) is 0.239. The molecule has 0 unspecified atom stereocenters. The maximum Gasteiger partial charge on any atom is 0.420 e. The molecule has 0 atom stereocenters. The van der Waals surface area contributed by atoms with E-state index in [1.165, 1.54) is 19.4 Å². The van der Waals surface area contributed by atoms with Crippen LogP contribution in [0.4, 0.5) is 13.2 Å². The Balaban J connectivity index is 1.75. The van der Waals surface area contributed by atoms with Crippen LogP contribution in [0, 0.1) is 0 Å². The van der Waals surface area contributed by atoms with Crippen LogP contribution in [0.5, 0.6) is 5.88 Å². The highest BCUT2D eigenvalue weighted by Crippen LogP contribution is 2.35. The fourth-order valence-electron chi connectivity index (χ4n) is 2.14. The summed E-state index contributed by atoms with van der Waals surface area (Å²) in [5, 5.41) is 4.43. The Morgan fingerprint density at radius 2 is 1.84 bits per heavy atom. The lowest BCUT2D eigenvalue weighted by Crippen LogP contribution is -2.06. The van der Waals surface area contributed by atoms with E-state index in [1.54, 1.807) is 24.3 Å². The molecule has 0 bridgehead atoms. The zero-order chi connectivity index (χ0) is 18.0. The average molecular weight is 369 g/mol. The number of hydrogen-bond acceptors (Lipinski definition) is 4. The topological polar surface area (TPSA) is 52.8 Å². The number of alkyl halides is 3.